The summed E-state index contributed by atoms with van der Waals surface area (Å²) in [6, 6.07) is 13.9. The number of aldehydes is 1. The van der Waals surface area contributed by atoms with Gasteiger partial charge in [0.15, 0.2) is 12.1 Å². The van der Waals surface area contributed by atoms with Gasteiger partial charge in [0.1, 0.15) is 17.4 Å². The second kappa shape index (κ2) is 8.01. The number of benzene rings is 2. The molecule has 2 heterocycles. The van der Waals surface area contributed by atoms with Gasteiger partial charge in [0.2, 0.25) is 0 Å². The Hall–Kier alpha value is -3.43. The summed E-state index contributed by atoms with van der Waals surface area (Å²) in [5.74, 6) is 0.687. The third-order valence-electron chi connectivity index (χ3n) is 5.18. The van der Waals surface area contributed by atoms with Crippen LogP contribution in [0.5, 0.6) is 0 Å². The van der Waals surface area contributed by atoms with Crippen LogP contribution in [0, 0.1) is 13.8 Å². The van der Waals surface area contributed by atoms with Crippen LogP contribution in [0.3, 0.4) is 0 Å². The number of aryl methyl sites for hydroxylation is 1. The van der Waals surface area contributed by atoms with Gasteiger partial charge in [-0.25, -0.2) is 12.7 Å². The van der Waals surface area contributed by atoms with E-state index in [-0.39, 0.29) is 17.4 Å². The summed E-state index contributed by atoms with van der Waals surface area (Å²) < 4.78 is 40.7. The van der Waals surface area contributed by atoms with E-state index < -0.39 is 10.0 Å². The van der Waals surface area contributed by atoms with E-state index in [9.17, 15) is 13.2 Å². The Morgan fingerprint density at radius 2 is 1.84 bits per heavy atom. The van der Waals surface area contributed by atoms with E-state index in [0.29, 0.717) is 22.6 Å². The summed E-state index contributed by atoms with van der Waals surface area (Å²) in [6.45, 7) is 3.21. The van der Waals surface area contributed by atoms with E-state index in [1.165, 1.54) is 13.2 Å². The topological polar surface area (TPSA) is 94.6 Å². The van der Waals surface area contributed by atoms with Gasteiger partial charge in [-0.1, -0.05) is 35.5 Å². The van der Waals surface area contributed by atoms with Gasteiger partial charge in [-0.2, -0.15) is 0 Å². The highest BCUT2D eigenvalue weighted by Crippen LogP contribution is 2.32. The maximum atomic E-state index is 13.8. The number of fused-ring (bicyclic) bond motifs is 1. The first-order chi connectivity index (χ1) is 14.9. The minimum Gasteiger partial charge on any atom is -0.363 e. The molecule has 2 aromatic heterocycles. The highest BCUT2D eigenvalue weighted by molar-refractivity contribution is 7.93. The van der Waals surface area contributed by atoms with E-state index in [4.69, 9.17) is 9.26 Å². The van der Waals surface area contributed by atoms with Crippen LogP contribution in [-0.2, 0) is 14.8 Å². The number of carbonyl (C=O) groups excluding carboxylic acids is 1. The number of para-hydroxylation sites is 2. The van der Waals surface area contributed by atoms with Gasteiger partial charge in [-0.05, 0) is 32.0 Å². The molecule has 160 valence electrons. The second-order valence-corrected chi connectivity index (χ2v) is 8.85. The molecule has 8 nitrogen and oxygen atoms in total. The van der Waals surface area contributed by atoms with E-state index in [1.54, 1.807) is 42.8 Å². The molecule has 4 rings (SSSR count). The number of methoxy groups -OCH3 is 1. The lowest BCUT2D eigenvalue weighted by Gasteiger charge is -2.23. The van der Waals surface area contributed by atoms with Crippen molar-refractivity contribution in [2.75, 3.05) is 18.1 Å². The molecule has 0 bridgehead atoms. The summed E-state index contributed by atoms with van der Waals surface area (Å²) in [4.78, 5) is 11.6. The predicted octanol–water partition coefficient (Wildman–Crippen LogP) is 3.85. The van der Waals surface area contributed by atoms with Gasteiger partial charge >= 0.3 is 0 Å². The molecule has 0 amide bonds. The number of aromatic nitrogens is 2. The van der Waals surface area contributed by atoms with Crippen molar-refractivity contribution in [3.63, 3.8) is 0 Å². The van der Waals surface area contributed by atoms with Gasteiger partial charge in [-0.3, -0.25) is 4.79 Å². The maximum absolute atomic E-state index is 13.8. The zero-order valence-electron chi connectivity index (χ0n) is 17.3. The monoisotopic (exact) mass is 439 g/mol. The molecular weight excluding hydrogens is 418 g/mol. The molecule has 0 unspecified atom stereocenters. The largest absolute Gasteiger partial charge is 0.363 e. The Kier molecular flexibility index (Phi) is 5.38. The van der Waals surface area contributed by atoms with Crippen LogP contribution in [-0.4, -0.2) is 38.3 Å². The Balaban J connectivity index is 1.94. The number of nitrogens with zero attached hydrogens (tertiary/aromatic N) is 3. The minimum absolute atomic E-state index is 0.0466. The van der Waals surface area contributed by atoms with E-state index in [2.05, 4.69) is 5.16 Å². The summed E-state index contributed by atoms with van der Waals surface area (Å²) in [6.07, 6.45) is 2.40. The minimum atomic E-state index is -4.09. The quantitative estimate of drug-likeness (QED) is 0.321. The van der Waals surface area contributed by atoms with Gasteiger partial charge in [-0.15, -0.1) is 0 Å². The molecule has 0 spiro atoms. The number of sulfonamides is 1. The molecule has 9 heteroatoms. The first kappa shape index (κ1) is 20.8. The number of carbonyl (C=O) groups is 1. The first-order valence-corrected chi connectivity index (χ1v) is 10.9. The highest BCUT2D eigenvalue weighted by Gasteiger charge is 2.32. The predicted molar refractivity (Wildman–Crippen MR) is 116 cm³/mol. The number of anilines is 1. The smallest absolute Gasteiger partial charge is 0.269 e. The van der Waals surface area contributed by atoms with Crippen LogP contribution in [0.2, 0.25) is 0 Å². The van der Waals surface area contributed by atoms with Crippen molar-refractivity contribution in [3.05, 3.63) is 71.6 Å². The standard InChI is InChI=1S/C22H21N3O5S/c1-15-16(2)30-23-22(15)25(14-29-3)31(27,28)21-11-7-6-10-20(21)24-12-17(13-26)18-8-4-5-9-19(18)24/h4-13H,14H2,1-3H3. The van der Waals surface area contributed by atoms with Crippen molar-refractivity contribution in [1.82, 2.24) is 9.72 Å². The molecule has 0 saturated heterocycles. The molecule has 0 aliphatic carbocycles. The molecule has 0 N–H and O–H groups in total. The fourth-order valence-corrected chi connectivity index (χ4v) is 5.05. The SMILES string of the molecule is COCN(c1noc(C)c1C)S(=O)(=O)c1ccccc1-n1cc(C=O)c2ccccc21. The van der Waals surface area contributed by atoms with Crippen molar-refractivity contribution < 1.29 is 22.5 Å². The molecule has 0 saturated carbocycles. The number of ether oxygens (including phenoxy) is 1. The van der Waals surface area contributed by atoms with Crippen LogP contribution >= 0.6 is 0 Å². The second-order valence-electron chi connectivity index (χ2n) is 7.02. The van der Waals surface area contributed by atoms with Crippen LogP contribution < -0.4 is 4.31 Å². The fourth-order valence-electron chi connectivity index (χ4n) is 3.49. The molecule has 0 aliphatic rings. The summed E-state index contributed by atoms with van der Waals surface area (Å²) in [5.41, 5.74) is 2.21. The first-order valence-electron chi connectivity index (χ1n) is 9.49. The number of rotatable bonds is 7. The molecule has 0 atom stereocenters. The van der Waals surface area contributed by atoms with E-state index in [1.807, 2.05) is 24.3 Å². The van der Waals surface area contributed by atoms with E-state index >= 15 is 0 Å². The fraction of sp³-hybridized carbons (Fsp3) is 0.182. The van der Waals surface area contributed by atoms with Crippen molar-refractivity contribution >= 4 is 33.0 Å². The molecule has 0 aliphatic heterocycles. The Labute approximate surface area is 179 Å². The summed E-state index contributed by atoms with van der Waals surface area (Å²) >= 11 is 0. The lowest BCUT2D eigenvalue weighted by atomic mass is 10.2. The Morgan fingerprint density at radius 1 is 1.13 bits per heavy atom. The van der Waals surface area contributed by atoms with Crippen LogP contribution in [0.1, 0.15) is 21.7 Å². The highest BCUT2D eigenvalue weighted by atomic mass is 32.2. The zero-order valence-corrected chi connectivity index (χ0v) is 18.1. The lowest BCUT2D eigenvalue weighted by molar-refractivity contribution is 0.112. The van der Waals surface area contributed by atoms with Crippen LogP contribution in [0.25, 0.3) is 16.6 Å². The molecule has 0 fully saturated rings. The third kappa shape index (κ3) is 3.41. The van der Waals surface area contributed by atoms with Gasteiger partial charge in [0.05, 0.1) is 11.2 Å². The normalized spacial score (nSPS) is 11.7. The molecule has 2 aromatic carbocycles. The number of hydrogen-bond donors (Lipinski definition) is 0. The third-order valence-corrected chi connectivity index (χ3v) is 6.94. The van der Waals surface area contributed by atoms with Gasteiger partial charge < -0.3 is 13.8 Å². The summed E-state index contributed by atoms with van der Waals surface area (Å²) in [7, 11) is -2.68. The van der Waals surface area contributed by atoms with Crippen molar-refractivity contribution in [3.8, 4) is 5.69 Å². The van der Waals surface area contributed by atoms with Crippen molar-refractivity contribution in [2.24, 2.45) is 0 Å². The van der Waals surface area contributed by atoms with Crippen LogP contribution in [0.4, 0.5) is 5.82 Å². The molecular formula is C22H21N3O5S. The number of hydrogen-bond acceptors (Lipinski definition) is 6. The van der Waals surface area contributed by atoms with E-state index in [0.717, 1.165) is 21.5 Å². The van der Waals surface area contributed by atoms with Gasteiger partial charge in [0, 0.05) is 29.8 Å². The Bertz CT molecular complexity index is 1370. The molecule has 31 heavy (non-hydrogen) atoms. The van der Waals surface area contributed by atoms with Crippen molar-refractivity contribution in [1.29, 1.82) is 0 Å². The van der Waals surface area contributed by atoms with Gasteiger partial charge in [0.25, 0.3) is 10.0 Å². The average molecular weight is 439 g/mol. The Morgan fingerprint density at radius 3 is 2.52 bits per heavy atom. The average Bonchev–Trinajstić information content (AvgIpc) is 3.32. The lowest BCUT2D eigenvalue weighted by Crippen LogP contribution is -2.34. The van der Waals surface area contributed by atoms with Crippen molar-refractivity contribution in [2.45, 2.75) is 18.7 Å². The summed E-state index contributed by atoms with van der Waals surface area (Å²) in [5, 5.41) is 4.67. The zero-order chi connectivity index (χ0) is 22.2. The molecule has 0 radical (unpaired) electrons. The maximum Gasteiger partial charge on any atom is 0.269 e. The van der Waals surface area contributed by atoms with Crippen LogP contribution in [0.15, 0.2) is 64.1 Å². The molecule has 4 aromatic rings.